The molecule has 31 heavy (non-hydrogen) atoms. The largest absolute Gasteiger partial charge is 0.469 e. The molecule has 2 aromatic carbocycles. The van der Waals surface area contributed by atoms with Gasteiger partial charge in [-0.2, -0.15) is 0 Å². The highest BCUT2D eigenvalue weighted by Crippen LogP contribution is 2.38. The first-order valence-electron chi connectivity index (χ1n) is 10.7. The number of ether oxygens (including phenoxy) is 1. The van der Waals surface area contributed by atoms with Crippen LogP contribution in [0.25, 0.3) is 0 Å². The third-order valence-electron chi connectivity index (χ3n) is 6.10. The molecule has 7 heteroatoms. The number of carbonyl (C=O) groups excluding carboxylic acids is 1. The lowest BCUT2D eigenvalue weighted by Crippen LogP contribution is -2.39. The van der Waals surface area contributed by atoms with E-state index in [0.29, 0.717) is 11.6 Å². The van der Waals surface area contributed by atoms with Gasteiger partial charge in [-0.05, 0) is 60.1 Å². The maximum atomic E-state index is 12.8. The summed E-state index contributed by atoms with van der Waals surface area (Å²) in [6.07, 6.45) is 7.59. The fourth-order valence-electron chi connectivity index (χ4n) is 4.29. The number of benzene rings is 2. The Balaban J connectivity index is 1.74. The summed E-state index contributed by atoms with van der Waals surface area (Å²) in [7, 11) is -2.22. The summed E-state index contributed by atoms with van der Waals surface area (Å²) >= 11 is 5.90. The Hall–Kier alpha value is -1.89. The third kappa shape index (κ3) is 6.79. The molecule has 0 aromatic heterocycles. The molecule has 1 fully saturated rings. The fraction of sp³-hybridized carbons (Fsp3) is 0.458. The van der Waals surface area contributed by atoms with Gasteiger partial charge >= 0.3 is 5.97 Å². The molecule has 3 rings (SSSR count). The van der Waals surface area contributed by atoms with Gasteiger partial charge in [0.05, 0.1) is 18.4 Å². The maximum Gasteiger partial charge on any atom is 0.309 e. The van der Waals surface area contributed by atoms with Crippen molar-refractivity contribution in [2.45, 2.75) is 56.3 Å². The molecule has 0 spiro atoms. The summed E-state index contributed by atoms with van der Waals surface area (Å²) in [6.45, 7) is 0.405. The molecular weight excluding hydrogens is 434 g/mol. The number of esters is 1. The minimum atomic E-state index is -3.60. The second-order valence-corrected chi connectivity index (χ2v) is 10.6. The number of sulfonamides is 1. The van der Waals surface area contributed by atoms with Crippen molar-refractivity contribution in [1.82, 2.24) is 4.72 Å². The van der Waals surface area contributed by atoms with Crippen LogP contribution in [0.1, 0.15) is 49.7 Å². The van der Waals surface area contributed by atoms with Crippen molar-refractivity contribution in [3.05, 3.63) is 64.7 Å². The van der Waals surface area contributed by atoms with Gasteiger partial charge in [0.15, 0.2) is 0 Å². The molecule has 1 aliphatic rings. The van der Waals surface area contributed by atoms with Gasteiger partial charge in [0, 0.05) is 11.6 Å². The van der Waals surface area contributed by atoms with Gasteiger partial charge in [0.25, 0.3) is 0 Å². The van der Waals surface area contributed by atoms with Crippen LogP contribution in [0, 0.1) is 5.41 Å². The lowest BCUT2D eigenvalue weighted by molar-refractivity contribution is -0.139. The van der Waals surface area contributed by atoms with Crippen LogP contribution in [-0.4, -0.2) is 28.0 Å². The number of rotatable bonds is 8. The summed E-state index contributed by atoms with van der Waals surface area (Å²) in [4.78, 5) is 11.7. The van der Waals surface area contributed by atoms with E-state index in [2.05, 4.69) is 4.72 Å². The first-order chi connectivity index (χ1) is 14.8. The topological polar surface area (TPSA) is 72.5 Å². The van der Waals surface area contributed by atoms with Crippen LogP contribution in [0.4, 0.5) is 0 Å². The van der Waals surface area contributed by atoms with Crippen LogP contribution in [0.5, 0.6) is 0 Å². The fourth-order valence-corrected chi connectivity index (χ4v) is 5.57. The minimum Gasteiger partial charge on any atom is -0.469 e. The molecule has 0 unspecified atom stereocenters. The SMILES string of the molecule is COC(=O)Cc1ccc(CC2(CNS(=O)(=O)c3ccc(Cl)cc3)CCCCCC2)cc1. The Morgan fingerprint density at radius 2 is 1.55 bits per heavy atom. The number of carbonyl (C=O) groups is 1. The quantitative estimate of drug-likeness (QED) is 0.445. The van der Waals surface area contributed by atoms with Crippen LogP contribution in [0.15, 0.2) is 53.4 Å². The van der Waals surface area contributed by atoms with E-state index in [4.69, 9.17) is 16.3 Å². The van der Waals surface area contributed by atoms with E-state index in [1.54, 1.807) is 12.1 Å². The van der Waals surface area contributed by atoms with Crippen molar-refractivity contribution in [3.63, 3.8) is 0 Å². The molecule has 0 saturated heterocycles. The predicted octanol–water partition coefficient (Wildman–Crippen LogP) is 4.92. The van der Waals surface area contributed by atoms with Crippen LogP contribution in [-0.2, 0) is 32.4 Å². The maximum absolute atomic E-state index is 12.8. The summed E-state index contributed by atoms with van der Waals surface area (Å²) in [5.74, 6) is -0.260. The molecule has 0 radical (unpaired) electrons. The molecule has 0 bridgehead atoms. The number of hydrogen-bond donors (Lipinski definition) is 1. The van der Waals surface area contributed by atoms with Gasteiger partial charge in [0.1, 0.15) is 0 Å². The lowest BCUT2D eigenvalue weighted by atomic mass is 9.75. The Bertz CT molecular complexity index is 964. The van der Waals surface area contributed by atoms with E-state index in [-0.39, 0.29) is 22.7 Å². The summed E-state index contributed by atoms with van der Waals surface area (Å²) in [5, 5.41) is 0.509. The van der Waals surface area contributed by atoms with Crippen LogP contribution in [0.2, 0.25) is 5.02 Å². The summed E-state index contributed by atoms with van der Waals surface area (Å²) < 4.78 is 33.3. The van der Waals surface area contributed by atoms with Crippen molar-refractivity contribution >= 4 is 27.6 Å². The Morgan fingerprint density at radius 3 is 2.13 bits per heavy atom. The highest BCUT2D eigenvalue weighted by molar-refractivity contribution is 7.89. The molecule has 1 aliphatic carbocycles. The second kappa shape index (κ2) is 10.6. The number of halogens is 1. The van der Waals surface area contributed by atoms with Crippen LogP contribution >= 0.6 is 11.6 Å². The third-order valence-corrected chi connectivity index (χ3v) is 7.77. The first kappa shape index (κ1) is 23.8. The first-order valence-corrected chi connectivity index (χ1v) is 12.6. The van der Waals surface area contributed by atoms with E-state index in [1.165, 1.54) is 32.1 Å². The molecule has 1 saturated carbocycles. The van der Waals surface area contributed by atoms with Crippen molar-refractivity contribution in [2.24, 2.45) is 5.41 Å². The van der Waals surface area contributed by atoms with Gasteiger partial charge < -0.3 is 4.74 Å². The normalized spacial score (nSPS) is 16.5. The Kier molecular flexibility index (Phi) is 8.14. The highest BCUT2D eigenvalue weighted by atomic mass is 35.5. The second-order valence-electron chi connectivity index (χ2n) is 8.44. The van der Waals surface area contributed by atoms with Gasteiger partial charge in [-0.1, -0.05) is 61.5 Å². The molecule has 5 nitrogen and oxygen atoms in total. The zero-order valence-corrected chi connectivity index (χ0v) is 19.5. The summed E-state index contributed by atoms with van der Waals surface area (Å²) in [6, 6.07) is 14.2. The molecule has 0 heterocycles. The predicted molar refractivity (Wildman–Crippen MR) is 123 cm³/mol. The molecule has 0 amide bonds. The number of hydrogen-bond acceptors (Lipinski definition) is 4. The van der Waals surface area contributed by atoms with Gasteiger partial charge in [0.2, 0.25) is 10.0 Å². The van der Waals surface area contributed by atoms with Crippen LogP contribution in [0.3, 0.4) is 0 Å². The molecule has 2 aromatic rings. The van der Waals surface area contributed by atoms with E-state index < -0.39 is 10.0 Å². The van der Waals surface area contributed by atoms with Crippen molar-refractivity contribution < 1.29 is 17.9 Å². The Labute approximate surface area is 190 Å². The number of nitrogens with one attached hydrogen (secondary N) is 1. The molecule has 0 atom stereocenters. The van der Waals surface area contributed by atoms with E-state index in [0.717, 1.165) is 43.2 Å². The van der Waals surface area contributed by atoms with E-state index in [1.807, 2.05) is 24.3 Å². The average molecular weight is 464 g/mol. The zero-order chi connectivity index (χ0) is 22.3. The van der Waals surface area contributed by atoms with Crippen molar-refractivity contribution in [2.75, 3.05) is 13.7 Å². The smallest absolute Gasteiger partial charge is 0.309 e. The van der Waals surface area contributed by atoms with Gasteiger partial charge in [-0.25, -0.2) is 13.1 Å². The van der Waals surface area contributed by atoms with E-state index in [9.17, 15) is 13.2 Å². The summed E-state index contributed by atoms with van der Waals surface area (Å²) in [5.41, 5.74) is 1.94. The average Bonchev–Trinajstić information content (AvgIpc) is 3.00. The number of methoxy groups -OCH3 is 1. The molecule has 0 aliphatic heterocycles. The minimum absolute atomic E-state index is 0.125. The zero-order valence-electron chi connectivity index (χ0n) is 17.9. The molecule has 1 N–H and O–H groups in total. The van der Waals surface area contributed by atoms with Crippen molar-refractivity contribution in [3.8, 4) is 0 Å². The van der Waals surface area contributed by atoms with Gasteiger partial charge in [-0.3, -0.25) is 4.79 Å². The molecule has 168 valence electrons. The standard InChI is InChI=1S/C24H30ClNO4S/c1-30-23(27)16-19-6-8-20(9-7-19)17-24(14-4-2-3-5-15-24)18-26-31(28,29)22-12-10-21(25)11-13-22/h6-13,26H,2-5,14-18H2,1H3. The van der Waals surface area contributed by atoms with Gasteiger partial charge in [-0.15, -0.1) is 0 Å². The van der Waals surface area contributed by atoms with Crippen LogP contribution < -0.4 is 4.72 Å². The molecular formula is C24H30ClNO4S. The highest BCUT2D eigenvalue weighted by Gasteiger charge is 2.33. The van der Waals surface area contributed by atoms with Crippen molar-refractivity contribution in [1.29, 1.82) is 0 Å². The Morgan fingerprint density at radius 1 is 0.968 bits per heavy atom. The monoisotopic (exact) mass is 463 g/mol. The van der Waals surface area contributed by atoms with E-state index >= 15 is 0 Å². The lowest BCUT2D eigenvalue weighted by Gasteiger charge is -2.33.